The lowest BCUT2D eigenvalue weighted by molar-refractivity contribution is -0.150. The predicted octanol–water partition coefficient (Wildman–Crippen LogP) is 2.46. The third-order valence-corrected chi connectivity index (χ3v) is 3.49. The quantitative estimate of drug-likeness (QED) is 0.439. The Balaban J connectivity index is 4.63. The molecule has 0 aromatic rings. The van der Waals surface area contributed by atoms with E-state index in [1.807, 2.05) is 0 Å². The molecule has 0 aromatic carbocycles. The van der Waals surface area contributed by atoms with Gasteiger partial charge in [0.2, 0.25) is 6.79 Å². The lowest BCUT2D eigenvalue weighted by atomic mass is 10.2. The van der Waals surface area contributed by atoms with Gasteiger partial charge in [0.15, 0.2) is 0 Å². The van der Waals surface area contributed by atoms with Gasteiger partial charge >= 0.3 is 13.8 Å². The van der Waals surface area contributed by atoms with E-state index in [0.29, 0.717) is 0 Å². The molecule has 1 N–H and O–H groups in total. The number of phosphoric acid groups is 1. The summed E-state index contributed by atoms with van der Waals surface area (Å²) in [5, 5.41) is 2.63. The molecule has 8 heteroatoms. The number of hydrogen-bond donors (Lipinski definition) is 1. The minimum atomic E-state index is -3.84. The number of carbonyl (C=O) groups is 1. The third kappa shape index (κ3) is 10.3. The Morgan fingerprint density at radius 3 is 1.85 bits per heavy atom. The van der Waals surface area contributed by atoms with E-state index in [4.69, 9.17) is 18.3 Å². The van der Waals surface area contributed by atoms with Gasteiger partial charge in [0.1, 0.15) is 0 Å². The molecule has 0 amide bonds. The van der Waals surface area contributed by atoms with Gasteiger partial charge in [-0.3, -0.25) is 13.8 Å². The van der Waals surface area contributed by atoms with Gasteiger partial charge in [0.25, 0.3) is 0 Å². The topological polar surface area (TPSA) is 83.1 Å². The molecule has 0 bridgehead atoms. The Morgan fingerprint density at radius 1 is 1.05 bits per heavy atom. The lowest BCUT2D eigenvalue weighted by Gasteiger charge is -2.30. The number of carbonyl (C=O) groups excluding carboxylic acids is 1. The fourth-order valence-electron chi connectivity index (χ4n) is 1.09. The highest BCUT2D eigenvalue weighted by Crippen LogP contribution is 2.55. The van der Waals surface area contributed by atoms with Gasteiger partial charge in [-0.1, -0.05) is 0 Å². The maximum absolute atomic E-state index is 12.5. The second-order valence-corrected chi connectivity index (χ2v) is 7.67. The van der Waals surface area contributed by atoms with Gasteiger partial charge in [-0.2, -0.15) is 0 Å². The molecule has 0 spiro atoms. The first kappa shape index (κ1) is 19.5. The molecular formula is C12H26NO6P. The fourth-order valence-corrected chi connectivity index (χ4v) is 2.76. The molecule has 0 saturated carbocycles. The molecule has 0 aromatic heterocycles. The molecule has 0 saturated heterocycles. The molecule has 120 valence electrons. The summed E-state index contributed by atoms with van der Waals surface area (Å²) in [5.74, 6) is -0.523. The number of esters is 1. The highest BCUT2D eigenvalue weighted by atomic mass is 31.2. The average molecular weight is 311 g/mol. The van der Waals surface area contributed by atoms with E-state index in [-0.39, 0.29) is 6.54 Å². The van der Waals surface area contributed by atoms with Crippen LogP contribution in [0.3, 0.4) is 0 Å². The van der Waals surface area contributed by atoms with Crippen molar-refractivity contribution in [3.05, 3.63) is 0 Å². The van der Waals surface area contributed by atoms with Crippen molar-refractivity contribution in [1.82, 2.24) is 5.32 Å². The SMILES string of the molecule is CNCC(=O)OCOP(=O)(OC(C)(C)C)OC(C)(C)C. The molecule has 0 aliphatic rings. The second-order valence-electron chi connectivity index (χ2n) is 6.15. The maximum atomic E-state index is 12.5. The van der Waals surface area contributed by atoms with Crippen LogP contribution < -0.4 is 5.32 Å². The van der Waals surface area contributed by atoms with Crippen molar-refractivity contribution in [2.75, 3.05) is 20.4 Å². The summed E-state index contributed by atoms with van der Waals surface area (Å²) in [6.45, 7) is 9.89. The number of rotatable bonds is 7. The first-order chi connectivity index (χ1) is 8.87. The molecule has 0 aliphatic carbocycles. The largest absolute Gasteiger partial charge is 0.478 e. The lowest BCUT2D eigenvalue weighted by Crippen LogP contribution is -2.26. The number of phosphoric ester groups is 1. The van der Waals surface area contributed by atoms with Crippen LogP contribution in [0.1, 0.15) is 41.5 Å². The normalized spacial score (nSPS) is 13.3. The van der Waals surface area contributed by atoms with Crippen molar-refractivity contribution in [1.29, 1.82) is 0 Å². The van der Waals surface area contributed by atoms with Crippen LogP contribution in [0.4, 0.5) is 0 Å². The number of nitrogens with one attached hydrogen (secondary N) is 1. The monoisotopic (exact) mass is 311 g/mol. The Hall–Kier alpha value is -0.460. The van der Waals surface area contributed by atoms with Crippen molar-refractivity contribution >= 4 is 13.8 Å². The van der Waals surface area contributed by atoms with E-state index in [0.717, 1.165) is 0 Å². The van der Waals surface area contributed by atoms with Crippen LogP contribution in [0.2, 0.25) is 0 Å². The van der Waals surface area contributed by atoms with Gasteiger partial charge in [-0.25, -0.2) is 9.09 Å². The number of ether oxygens (including phenoxy) is 1. The minimum Gasteiger partial charge on any atom is -0.437 e. The summed E-state index contributed by atoms with van der Waals surface area (Å²) in [6, 6.07) is 0. The van der Waals surface area contributed by atoms with Crippen molar-refractivity contribution in [2.24, 2.45) is 0 Å². The zero-order valence-electron chi connectivity index (χ0n) is 13.3. The molecule has 0 aliphatic heterocycles. The first-order valence-corrected chi connectivity index (χ1v) is 7.79. The number of hydrogen-bond acceptors (Lipinski definition) is 7. The van der Waals surface area contributed by atoms with Crippen LogP contribution in [0.15, 0.2) is 0 Å². The highest BCUT2D eigenvalue weighted by molar-refractivity contribution is 7.48. The van der Waals surface area contributed by atoms with Gasteiger partial charge in [-0.05, 0) is 48.6 Å². The summed E-state index contributed by atoms with van der Waals surface area (Å²) in [7, 11) is -2.23. The van der Waals surface area contributed by atoms with Crippen molar-refractivity contribution < 1.29 is 27.7 Å². The van der Waals surface area contributed by atoms with Gasteiger partial charge in [0.05, 0.1) is 17.7 Å². The van der Waals surface area contributed by atoms with Crippen molar-refractivity contribution in [3.8, 4) is 0 Å². The number of likely N-dealkylation sites (N-methyl/N-ethyl adjacent to an activating group) is 1. The van der Waals surface area contributed by atoms with Crippen LogP contribution in [0, 0.1) is 0 Å². The standard InChI is InChI=1S/C12H26NO6P/c1-11(2,3)18-20(15,19-12(4,5)6)17-9-16-10(14)8-13-7/h13H,8-9H2,1-7H3. The summed E-state index contributed by atoms with van der Waals surface area (Å²) in [5.41, 5.74) is -1.45. The smallest absolute Gasteiger partial charge is 0.437 e. The molecule has 0 atom stereocenters. The Labute approximate surface area is 120 Å². The fraction of sp³-hybridized carbons (Fsp3) is 0.917. The molecule has 7 nitrogen and oxygen atoms in total. The summed E-state index contributed by atoms with van der Waals surface area (Å²) < 4.78 is 33.0. The van der Waals surface area contributed by atoms with Crippen molar-refractivity contribution in [2.45, 2.75) is 52.7 Å². The Bertz CT molecular complexity index is 338. The highest BCUT2D eigenvalue weighted by Gasteiger charge is 2.37. The zero-order valence-corrected chi connectivity index (χ0v) is 14.2. The minimum absolute atomic E-state index is 0.0356. The zero-order chi connectivity index (χ0) is 16.0. The molecule has 20 heavy (non-hydrogen) atoms. The third-order valence-electron chi connectivity index (χ3n) is 1.52. The average Bonchev–Trinajstić information content (AvgIpc) is 2.10. The Morgan fingerprint density at radius 2 is 1.50 bits per heavy atom. The van der Waals surface area contributed by atoms with E-state index in [9.17, 15) is 9.36 Å². The van der Waals surface area contributed by atoms with Gasteiger partial charge < -0.3 is 10.1 Å². The van der Waals surface area contributed by atoms with Gasteiger partial charge in [-0.15, -0.1) is 0 Å². The van der Waals surface area contributed by atoms with Gasteiger partial charge in [0, 0.05) is 0 Å². The van der Waals surface area contributed by atoms with Crippen molar-refractivity contribution in [3.63, 3.8) is 0 Å². The van der Waals surface area contributed by atoms with E-state index in [2.05, 4.69) is 5.32 Å². The molecule has 0 rings (SSSR count). The van der Waals surface area contributed by atoms with Crippen LogP contribution in [-0.4, -0.2) is 37.6 Å². The maximum Gasteiger partial charge on any atom is 0.478 e. The summed E-state index contributed by atoms with van der Waals surface area (Å²) >= 11 is 0. The van der Waals surface area contributed by atoms with E-state index >= 15 is 0 Å². The molecule has 0 heterocycles. The molecular weight excluding hydrogens is 285 g/mol. The molecule has 0 unspecified atom stereocenters. The van der Waals surface area contributed by atoms with Crippen LogP contribution >= 0.6 is 7.82 Å². The second kappa shape index (κ2) is 7.52. The van der Waals surface area contributed by atoms with E-state index < -0.39 is 31.8 Å². The molecule has 0 fully saturated rings. The van der Waals surface area contributed by atoms with Crippen LogP contribution in [0.5, 0.6) is 0 Å². The predicted molar refractivity (Wildman–Crippen MR) is 75.3 cm³/mol. The summed E-state index contributed by atoms with van der Waals surface area (Å²) in [6.07, 6.45) is 0. The van der Waals surface area contributed by atoms with Crippen LogP contribution in [0.25, 0.3) is 0 Å². The van der Waals surface area contributed by atoms with E-state index in [1.54, 1.807) is 48.6 Å². The summed E-state index contributed by atoms with van der Waals surface area (Å²) in [4.78, 5) is 11.2. The Kier molecular flexibility index (Phi) is 7.35. The van der Waals surface area contributed by atoms with Crippen LogP contribution in [-0.2, 0) is 27.7 Å². The molecule has 0 radical (unpaired) electrons. The van der Waals surface area contributed by atoms with E-state index in [1.165, 1.54) is 0 Å². The first-order valence-electron chi connectivity index (χ1n) is 6.33.